The first kappa shape index (κ1) is 17.7. The number of methoxy groups -OCH3 is 2. The van der Waals surface area contributed by atoms with Crippen LogP contribution in [0.3, 0.4) is 0 Å². The standard InChI is InChI=1S/C16H25NO3S/c1-11(2)8-9-17-16(18)12(3)21-13-6-7-14(19-4)15(10-13)20-5/h6-7,10-12H,8-9H2,1-5H3,(H,17,18)/t12-/m1/s1. The zero-order chi connectivity index (χ0) is 15.8. The Kier molecular flexibility index (Phi) is 7.43. The van der Waals surface area contributed by atoms with Gasteiger partial charge in [0.1, 0.15) is 0 Å². The van der Waals surface area contributed by atoms with E-state index in [1.165, 1.54) is 11.8 Å². The molecule has 5 heteroatoms. The summed E-state index contributed by atoms with van der Waals surface area (Å²) < 4.78 is 10.5. The molecule has 0 aliphatic rings. The van der Waals surface area contributed by atoms with Crippen LogP contribution in [0.25, 0.3) is 0 Å². The average molecular weight is 311 g/mol. The Hall–Kier alpha value is -1.36. The van der Waals surface area contributed by atoms with Crippen LogP contribution in [0.2, 0.25) is 0 Å². The van der Waals surface area contributed by atoms with Gasteiger partial charge in [-0.05, 0) is 37.5 Å². The molecular weight excluding hydrogens is 286 g/mol. The fourth-order valence-electron chi connectivity index (χ4n) is 1.78. The van der Waals surface area contributed by atoms with Gasteiger partial charge in [0, 0.05) is 11.4 Å². The molecular formula is C16H25NO3S. The fourth-order valence-corrected chi connectivity index (χ4v) is 2.70. The maximum Gasteiger partial charge on any atom is 0.233 e. The smallest absolute Gasteiger partial charge is 0.233 e. The summed E-state index contributed by atoms with van der Waals surface area (Å²) in [5, 5.41) is 2.83. The second kappa shape index (κ2) is 8.82. The number of thioether (sulfide) groups is 1. The first-order valence-electron chi connectivity index (χ1n) is 7.14. The number of nitrogens with one attached hydrogen (secondary N) is 1. The van der Waals surface area contributed by atoms with E-state index in [0.717, 1.165) is 17.9 Å². The average Bonchev–Trinajstić information content (AvgIpc) is 2.46. The molecule has 0 aromatic heterocycles. The number of carbonyl (C=O) groups excluding carboxylic acids is 1. The van der Waals surface area contributed by atoms with Crippen LogP contribution in [0.1, 0.15) is 27.2 Å². The molecule has 0 aliphatic carbocycles. The van der Waals surface area contributed by atoms with Crippen LogP contribution in [0, 0.1) is 5.92 Å². The first-order chi connectivity index (χ1) is 9.97. The molecule has 0 spiro atoms. The number of amides is 1. The maximum absolute atomic E-state index is 12.0. The van der Waals surface area contributed by atoms with E-state index < -0.39 is 0 Å². The summed E-state index contributed by atoms with van der Waals surface area (Å²) in [5.41, 5.74) is 0. The molecule has 0 bridgehead atoms. The summed E-state index contributed by atoms with van der Waals surface area (Å²) >= 11 is 1.51. The minimum absolute atomic E-state index is 0.0652. The monoisotopic (exact) mass is 311 g/mol. The van der Waals surface area contributed by atoms with Gasteiger partial charge in [0.25, 0.3) is 0 Å². The summed E-state index contributed by atoms with van der Waals surface area (Å²) in [7, 11) is 3.21. The highest BCUT2D eigenvalue weighted by Crippen LogP contribution is 2.33. The van der Waals surface area contributed by atoms with Crippen LogP contribution in [-0.4, -0.2) is 31.9 Å². The number of benzene rings is 1. The zero-order valence-corrected chi connectivity index (χ0v) is 14.3. The minimum atomic E-state index is -0.143. The van der Waals surface area contributed by atoms with Crippen molar-refractivity contribution in [1.82, 2.24) is 5.32 Å². The van der Waals surface area contributed by atoms with Crippen molar-refractivity contribution >= 4 is 17.7 Å². The molecule has 0 saturated heterocycles. The van der Waals surface area contributed by atoms with Gasteiger partial charge in [-0.2, -0.15) is 0 Å². The van der Waals surface area contributed by atoms with Crippen LogP contribution in [-0.2, 0) is 4.79 Å². The topological polar surface area (TPSA) is 47.6 Å². The maximum atomic E-state index is 12.0. The summed E-state index contributed by atoms with van der Waals surface area (Å²) in [6, 6.07) is 5.68. The lowest BCUT2D eigenvalue weighted by Gasteiger charge is -2.14. The van der Waals surface area contributed by atoms with Gasteiger partial charge >= 0.3 is 0 Å². The molecule has 0 radical (unpaired) electrons. The van der Waals surface area contributed by atoms with Crippen molar-refractivity contribution in [3.05, 3.63) is 18.2 Å². The van der Waals surface area contributed by atoms with Crippen molar-refractivity contribution < 1.29 is 14.3 Å². The van der Waals surface area contributed by atoms with Gasteiger partial charge in [0.15, 0.2) is 11.5 Å². The Morgan fingerprint density at radius 3 is 2.43 bits per heavy atom. The van der Waals surface area contributed by atoms with Crippen molar-refractivity contribution in [3.8, 4) is 11.5 Å². The van der Waals surface area contributed by atoms with E-state index in [1.54, 1.807) is 14.2 Å². The van der Waals surface area contributed by atoms with Gasteiger partial charge in [-0.3, -0.25) is 4.79 Å². The second-order valence-electron chi connectivity index (χ2n) is 5.25. The molecule has 0 heterocycles. The molecule has 0 fully saturated rings. The van der Waals surface area contributed by atoms with Crippen molar-refractivity contribution in [2.45, 2.75) is 37.3 Å². The number of rotatable bonds is 8. The molecule has 1 aromatic carbocycles. The highest BCUT2D eigenvalue weighted by Gasteiger charge is 2.15. The van der Waals surface area contributed by atoms with E-state index in [1.807, 2.05) is 25.1 Å². The lowest BCUT2D eigenvalue weighted by molar-refractivity contribution is -0.120. The van der Waals surface area contributed by atoms with Crippen LogP contribution >= 0.6 is 11.8 Å². The van der Waals surface area contributed by atoms with Crippen LogP contribution < -0.4 is 14.8 Å². The molecule has 21 heavy (non-hydrogen) atoms. The molecule has 1 amide bonds. The highest BCUT2D eigenvalue weighted by atomic mass is 32.2. The van der Waals surface area contributed by atoms with E-state index in [0.29, 0.717) is 17.4 Å². The van der Waals surface area contributed by atoms with Gasteiger partial charge in [0.05, 0.1) is 19.5 Å². The summed E-state index contributed by atoms with van der Waals surface area (Å²) in [6.07, 6.45) is 0.999. The third-order valence-corrected chi connectivity index (χ3v) is 4.15. The zero-order valence-electron chi connectivity index (χ0n) is 13.4. The Balaban J connectivity index is 2.57. The van der Waals surface area contributed by atoms with E-state index in [4.69, 9.17) is 9.47 Å². The lowest BCUT2D eigenvalue weighted by Crippen LogP contribution is -2.32. The molecule has 1 N–H and O–H groups in total. The van der Waals surface area contributed by atoms with Gasteiger partial charge in [-0.15, -0.1) is 11.8 Å². The van der Waals surface area contributed by atoms with Crippen LogP contribution in [0.5, 0.6) is 11.5 Å². The van der Waals surface area contributed by atoms with Crippen LogP contribution in [0.15, 0.2) is 23.1 Å². The SMILES string of the molecule is COc1ccc(S[C@H](C)C(=O)NCCC(C)C)cc1OC. The second-order valence-corrected chi connectivity index (χ2v) is 6.66. The van der Waals surface area contributed by atoms with Gasteiger partial charge in [-0.25, -0.2) is 0 Å². The Bertz CT molecular complexity index is 463. The van der Waals surface area contributed by atoms with Gasteiger partial charge in [0.2, 0.25) is 5.91 Å². The predicted octanol–water partition coefficient (Wildman–Crippen LogP) is 3.35. The van der Waals surface area contributed by atoms with E-state index in [9.17, 15) is 4.79 Å². The Morgan fingerprint density at radius 2 is 1.86 bits per heavy atom. The molecule has 1 rings (SSSR count). The molecule has 0 unspecified atom stereocenters. The number of ether oxygens (including phenoxy) is 2. The minimum Gasteiger partial charge on any atom is -0.493 e. The third-order valence-electron chi connectivity index (χ3n) is 3.06. The molecule has 0 saturated carbocycles. The van der Waals surface area contributed by atoms with Crippen molar-refractivity contribution in [3.63, 3.8) is 0 Å². The number of hydrogen-bond acceptors (Lipinski definition) is 4. The number of carbonyl (C=O) groups is 1. The Morgan fingerprint density at radius 1 is 1.19 bits per heavy atom. The fraction of sp³-hybridized carbons (Fsp3) is 0.562. The first-order valence-corrected chi connectivity index (χ1v) is 8.02. The Labute approximate surface area is 131 Å². The van der Waals surface area contributed by atoms with E-state index in [2.05, 4.69) is 19.2 Å². The van der Waals surface area contributed by atoms with Crippen LogP contribution in [0.4, 0.5) is 0 Å². The number of hydrogen-bond donors (Lipinski definition) is 1. The lowest BCUT2D eigenvalue weighted by atomic mass is 10.1. The van der Waals surface area contributed by atoms with Crippen molar-refractivity contribution in [2.24, 2.45) is 5.92 Å². The largest absolute Gasteiger partial charge is 0.493 e. The summed E-state index contributed by atoms with van der Waals surface area (Å²) in [4.78, 5) is 13.0. The van der Waals surface area contributed by atoms with Crippen molar-refractivity contribution in [2.75, 3.05) is 20.8 Å². The van der Waals surface area contributed by atoms with Crippen molar-refractivity contribution in [1.29, 1.82) is 0 Å². The third kappa shape index (κ3) is 5.87. The van der Waals surface area contributed by atoms with E-state index >= 15 is 0 Å². The summed E-state index contributed by atoms with van der Waals surface area (Å²) in [5.74, 6) is 2.03. The molecule has 1 aromatic rings. The molecule has 0 aliphatic heterocycles. The van der Waals surface area contributed by atoms with Gasteiger partial charge < -0.3 is 14.8 Å². The molecule has 118 valence electrons. The van der Waals surface area contributed by atoms with E-state index in [-0.39, 0.29) is 11.2 Å². The summed E-state index contributed by atoms with van der Waals surface area (Å²) in [6.45, 7) is 6.93. The predicted molar refractivity (Wildman–Crippen MR) is 87.3 cm³/mol. The quantitative estimate of drug-likeness (QED) is 0.748. The highest BCUT2D eigenvalue weighted by molar-refractivity contribution is 8.00. The molecule has 4 nitrogen and oxygen atoms in total. The molecule has 1 atom stereocenters. The normalized spacial score (nSPS) is 12.1. The van der Waals surface area contributed by atoms with Gasteiger partial charge in [-0.1, -0.05) is 13.8 Å².